The molecule has 1 aliphatic heterocycles. The van der Waals surface area contributed by atoms with Crippen molar-refractivity contribution in [3.8, 4) is 0 Å². The molecule has 0 bridgehead atoms. The number of piperidine rings is 1. The maximum atomic E-state index is 11.9. The van der Waals surface area contributed by atoms with E-state index >= 15 is 0 Å². The second-order valence-electron chi connectivity index (χ2n) is 6.31. The van der Waals surface area contributed by atoms with Crippen molar-refractivity contribution in [3.05, 3.63) is 0 Å². The molecule has 0 radical (unpaired) electrons. The van der Waals surface area contributed by atoms with Gasteiger partial charge >= 0.3 is 0 Å². The van der Waals surface area contributed by atoms with Gasteiger partial charge in [0, 0.05) is 19.6 Å². The fraction of sp³-hybridized carbons (Fsp3) is 0.933. The topological polar surface area (TPSA) is 35.6 Å². The molecule has 0 spiro atoms. The largest absolute Gasteiger partial charge is 0.345 e. The maximum absolute atomic E-state index is 11.9. The summed E-state index contributed by atoms with van der Waals surface area (Å²) in [6.07, 6.45) is 7.75. The Balaban J connectivity index is 1.58. The molecule has 0 aromatic rings. The predicted octanol–water partition coefficient (Wildman–Crippen LogP) is 1.32. The molecule has 1 aliphatic carbocycles. The van der Waals surface area contributed by atoms with Crippen LogP contribution in [0.2, 0.25) is 0 Å². The first kappa shape index (κ1) is 14.8. The number of amides is 1. The number of hydrogen-bond acceptors (Lipinski definition) is 3. The molecule has 4 nitrogen and oxygen atoms in total. The SMILES string of the molecule is CN(CCC1CCCCN1C)C(=O)CNCC1CC1. The first-order valence-electron chi connectivity index (χ1n) is 7.81. The molecule has 4 heteroatoms. The molecule has 1 heterocycles. The van der Waals surface area contributed by atoms with Gasteiger partial charge in [0.2, 0.25) is 5.91 Å². The summed E-state index contributed by atoms with van der Waals surface area (Å²) >= 11 is 0. The Labute approximate surface area is 117 Å². The van der Waals surface area contributed by atoms with E-state index in [-0.39, 0.29) is 5.91 Å². The minimum absolute atomic E-state index is 0.235. The normalized spacial score (nSPS) is 24.4. The number of carbonyl (C=O) groups excluding carboxylic acids is 1. The summed E-state index contributed by atoms with van der Waals surface area (Å²) in [5.74, 6) is 1.08. The van der Waals surface area contributed by atoms with Crippen LogP contribution in [0, 0.1) is 5.92 Å². The summed E-state index contributed by atoms with van der Waals surface area (Å²) in [6, 6.07) is 0.670. The molecule has 0 aromatic heterocycles. The van der Waals surface area contributed by atoms with Gasteiger partial charge in [-0.3, -0.25) is 4.79 Å². The van der Waals surface area contributed by atoms with Crippen molar-refractivity contribution in [2.24, 2.45) is 5.92 Å². The molecular formula is C15H29N3O. The third-order valence-electron chi connectivity index (χ3n) is 4.55. The van der Waals surface area contributed by atoms with E-state index in [1.165, 1.54) is 38.6 Å². The molecule has 1 amide bonds. The lowest BCUT2D eigenvalue weighted by Crippen LogP contribution is -2.41. The highest BCUT2D eigenvalue weighted by atomic mass is 16.2. The van der Waals surface area contributed by atoms with E-state index in [2.05, 4.69) is 17.3 Å². The zero-order valence-electron chi connectivity index (χ0n) is 12.5. The van der Waals surface area contributed by atoms with Crippen LogP contribution >= 0.6 is 0 Å². The van der Waals surface area contributed by atoms with Crippen LogP contribution < -0.4 is 5.32 Å². The van der Waals surface area contributed by atoms with Gasteiger partial charge in [-0.05, 0) is 58.2 Å². The summed E-state index contributed by atoms with van der Waals surface area (Å²) in [4.78, 5) is 16.3. The highest BCUT2D eigenvalue weighted by Gasteiger charge is 2.22. The van der Waals surface area contributed by atoms with Gasteiger partial charge in [0.05, 0.1) is 6.54 Å². The Hall–Kier alpha value is -0.610. The fourth-order valence-corrected chi connectivity index (χ4v) is 2.82. The third-order valence-corrected chi connectivity index (χ3v) is 4.55. The van der Waals surface area contributed by atoms with Crippen LogP contribution in [0.4, 0.5) is 0 Å². The van der Waals surface area contributed by atoms with Crippen molar-refractivity contribution >= 4 is 5.91 Å². The van der Waals surface area contributed by atoms with Crippen LogP contribution in [0.1, 0.15) is 38.5 Å². The quantitative estimate of drug-likeness (QED) is 0.755. The van der Waals surface area contributed by atoms with E-state index in [1.807, 2.05) is 11.9 Å². The number of hydrogen-bond donors (Lipinski definition) is 1. The first-order chi connectivity index (χ1) is 9.16. The van der Waals surface area contributed by atoms with Crippen LogP contribution in [0.5, 0.6) is 0 Å². The van der Waals surface area contributed by atoms with E-state index in [9.17, 15) is 4.79 Å². The molecule has 19 heavy (non-hydrogen) atoms. The molecule has 2 rings (SSSR count). The Bertz CT molecular complexity index is 291. The molecule has 2 aliphatic rings. The van der Waals surface area contributed by atoms with Gasteiger partial charge in [0.25, 0.3) is 0 Å². The predicted molar refractivity (Wildman–Crippen MR) is 78.1 cm³/mol. The smallest absolute Gasteiger partial charge is 0.236 e. The van der Waals surface area contributed by atoms with Crippen molar-refractivity contribution in [2.45, 2.75) is 44.6 Å². The number of nitrogens with zero attached hydrogens (tertiary/aromatic N) is 2. The summed E-state index contributed by atoms with van der Waals surface area (Å²) in [7, 11) is 4.15. The lowest BCUT2D eigenvalue weighted by Gasteiger charge is -2.33. The van der Waals surface area contributed by atoms with Crippen LogP contribution in [0.25, 0.3) is 0 Å². The molecule has 2 fully saturated rings. The van der Waals surface area contributed by atoms with Crippen molar-refractivity contribution in [2.75, 3.05) is 40.3 Å². The first-order valence-corrected chi connectivity index (χ1v) is 7.81. The molecule has 1 atom stereocenters. The number of likely N-dealkylation sites (tertiary alicyclic amines) is 1. The Morgan fingerprint density at radius 2 is 2.11 bits per heavy atom. The van der Waals surface area contributed by atoms with E-state index in [0.717, 1.165) is 25.4 Å². The zero-order chi connectivity index (χ0) is 13.7. The molecule has 110 valence electrons. The molecule has 1 unspecified atom stereocenters. The average molecular weight is 267 g/mol. The maximum Gasteiger partial charge on any atom is 0.236 e. The van der Waals surface area contributed by atoms with Crippen molar-refractivity contribution in [3.63, 3.8) is 0 Å². The van der Waals surface area contributed by atoms with Crippen LogP contribution in [0.3, 0.4) is 0 Å². The lowest BCUT2D eigenvalue weighted by atomic mass is 10.00. The van der Waals surface area contributed by atoms with Crippen molar-refractivity contribution in [1.82, 2.24) is 15.1 Å². The van der Waals surface area contributed by atoms with Crippen LogP contribution in [-0.4, -0.2) is 62.0 Å². The fourth-order valence-electron chi connectivity index (χ4n) is 2.82. The van der Waals surface area contributed by atoms with Gasteiger partial charge in [-0.2, -0.15) is 0 Å². The van der Waals surface area contributed by atoms with E-state index in [4.69, 9.17) is 0 Å². The number of rotatable bonds is 7. The minimum atomic E-state index is 0.235. The molecule has 0 aromatic carbocycles. The van der Waals surface area contributed by atoms with Gasteiger partial charge in [-0.15, -0.1) is 0 Å². The summed E-state index contributed by atoms with van der Waals surface area (Å²) < 4.78 is 0. The van der Waals surface area contributed by atoms with Gasteiger partial charge in [-0.1, -0.05) is 6.42 Å². The van der Waals surface area contributed by atoms with Gasteiger partial charge < -0.3 is 15.1 Å². The van der Waals surface area contributed by atoms with Gasteiger partial charge in [-0.25, -0.2) is 0 Å². The summed E-state index contributed by atoms with van der Waals surface area (Å²) in [5.41, 5.74) is 0. The number of nitrogens with one attached hydrogen (secondary N) is 1. The van der Waals surface area contributed by atoms with Gasteiger partial charge in [0.1, 0.15) is 0 Å². The standard InChI is InChI=1S/C15H29N3O/c1-17-9-4-3-5-14(17)8-10-18(2)15(19)12-16-11-13-6-7-13/h13-14,16H,3-12H2,1-2H3. The van der Waals surface area contributed by atoms with E-state index in [1.54, 1.807) is 0 Å². The zero-order valence-corrected chi connectivity index (χ0v) is 12.5. The van der Waals surface area contributed by atoms with Crippen molar-refractivity contribution in [1.29, 1.82) is 0 Å². The molecular weight excluding hydrogens is 238 g/mol. The summed E-state index contributed by atoms with van der Waals surface area (Å²) in [6.45, 7) is 3.63. The average Bonchev–Trinajstić information content (AvgIpc) is 3.21. The van der Waals surface area contributed by atoms with Crippen LogP contribution in [0.15, 0.2) is 0 Å². The second kappa shape index (κ2) is 7.25. The van der Waals surface area contributed by atoms with Crippen LogP contribution in [-0.2, 0) is 4.79 Å². The highest BCUT2D eigenvalue weighted by Crippen LogP contribution is 2.27. The lowest BCUT2D eigenvalue weighted by molar-refractivity contribution is -0.129. The van der Waals surface area contributed by atoms with Gasteiger partial charge in [0.15, 0.2) is 0 Å². The Morgan fingerprint density at radius 1 is 1.32 bits per heavy atom. The second-order valence-corrected chi connectivity index (χ2v) is 6.31. The van der Waals surface area contributed by atoms with E-state index < -0.39 is 0 Å². The minimum Gasteiger partial charge on any atom is -0.345 e. The monoisotopic (exact) mass is 267 g/mol. The molecule has 1 saturated heterocycles. The number of carbonyl (C=O) groups is 1. The molecule has 1 N–H and O–H groups in total. The third kappa shape index (κ3) is 5.11. The molecule has 1 saturated carbocycles. The van der Waals surface area contributed by atoms with E-state index in [0.29, 0.717) is 12.6 Å². The Morgan fingerprint density at radius 3 is 2.79 bits per heavy atom. The summed E-state index contributed by atoms with van der Waals surface area (Å²) in [5, 5.41) is 3.27. The Kier molecular flexibility index (Phi) is 5.64. The van der Waals surface area contributed by atoms with Crippen molar-refractivity contribution < 1.29 is 4.79 Å². The highest BCUT2D eigenvalue weighted by molar-refractivity contribution is 5.77. The number of likely N-dealkylation sites (N-methyl/N-ethyl adjacent to an activating group) is 1.